The molecule has 0 saturated carbocycles. The number of likely N-dealkylation sites (N-methyl/N-ethyl adjacent to an activating group) is 2. The van der Waals surface area contributed by atoms with Crippen LogP contribution in [0.3, 0.4) is 0 Å². The molecule has 0 aromatic heterocycles. The molecule has 4 aliphatic rings. The zero-order valence-corrected chi connectivity index (χ0v) is 32.7. The number of rotatable bonds is 10. The Morgan fingerprint density at radius 3 is 2.31 bits per heavy atom. The van der Waals surface area contributed by atoms with Gasteiger partial charge < -0.3 is 33.3 Å². The average Bonchev–Trinajstić information content (AvgIpc) is 3.17. The summed E-state index contributed by atoms with van der Waals surface area (Å²) < 4.78 is 31.6. The number of hydrogen-bond acceptors (Lipinski definition) is 7. The van der Waals surface area contributed by atoms with E-state index in [-0.39, 0.29) is 12.1 Å². The number of hydrogen-bond donors (Lipinski definition) is 1. The SMILES string of the molecule is CCCCCCC(C(=O)O)[N+]1(C)CCc2cc(OC)c3cc2C1Cc1ccc(cc1)Oc1cc(ccc1OC)CC1c2c(cc(OC)cc2O3)CCN1C. The molecule has 0 radical (unpaired) electrons. The summed E-state index contributed by atoms with van der Waals surface area (Å²) in [5.41, 5.74) is 6.80. The smallest absolute Gasteiger partial charge is 0.362 e. The number of unbranched alkanes of at least 4 members (excludes halogenated alkanes) is 3. The normalized spacial score (nSPS) is 21.1. The Morgan fingerprint density at radius 1 is 0.833 bits per heavy atom. The molecule has 9 heteroatoms. The molecule has 4 aromatic carbocycles. The predicted octanol–water partition coefficient (Wildman–Crippen LogP) is 9.09. The van der Waals surface area contributed by atoms with Crippen LogP contribution in [0, 0.1) is 0 Å². The highest BCUT2D eigenvalue weighted by Crippen LogP contribution is 2.48. The fourth-order valence-electron chi connectivity index (χ4n) is 9.03. The lowest BCUT2D eigenvalue weighted by atomic mass is 9.84. The highest BCUT2D eigenvalue weighted by Gasteiger charge is 2.48. The second-order valence-electron chi connectivity index (χ2n) is 15.4. The van der Waals surface area contributed by atoms with Crippen LogP contribution >= 0.6 is 0 Å². The number of fused-ring (bicyclic) bond motifs is 2. The van der Waals surface area contributed by atoms with Crippen molar-refractivity contribution in [3.63, 3.8) is 0 Å². The molecule has 8 rings (SSSR count). The minimum Gasteiger partial charge on any atom is -0.497 e. The van der Waals surface area contributed by atoms with Crippen molar-refractivity contribution < 1.29 is 38.1 Å². The second-order valence-corrected chi connectivity index (χ2v) is 15.4. The molecule has 6 bridgehead atoms. The number of carboxylic acid groups (broad SMARTS) is 1. The molecular weight excluding hydrogens is 681 g/mol. The Bertz CT molecular complexity index is 1980. The van der Waals surface area contributed by atoms with Crippen LogP contribution in [0.2, 0.25) is 0 Å². The Hall–Kier alpha value is -4.73. The van der Waals surface area contributed by atoms with E-state index in [9.17, 15) is 9.90 Å². The molecule has 4 heterocycles. The van der Waals surface area contributed by atoms with Crippen molar-refractivity contribution in [2.75, 3.05) is 48.5 Å². The Morgan fingerprint density at radius 2 is 1.59 bits per heavy atom. The van der Waals surface area contributed by atoms with E-state index < -0.39 is 12.0 Å². The van der Waals surface area contributed by atoms with Gasteiger partial charge in [0.2, 0.25) is 0 Å². The van der Waals surface area contributed by atoms with Gasteiger partial charge in [-0.15, -0.1) is 0 Å². The molecule has 54 heavy (non-hydrogen) atoms. The second kappa shape index (κ2) is 15.9. The number of carboxylic acids is 1. The van der Waals surface area contributed by atoms with Gasteiger partial charge in [-0.2, -0.15) is 0 Å². The lowest BCUT2D eigenvalue weighted by Gasteiger charge is -2.49. The number of methoxy groups -OCH3 is 3. The molecule has 0 saturated heterocycles. The number of ether oxygens (including phenoxy) is 5. The first kappa shape index (κ1) is 37.6. The van der Waals surface area contributed by atoms with Crippen molar-refractivity contribution in [3.05, 3.63) is 100 Å². The molecule has 0 fully saturated rings. The molecule has 4 aromatic rings. The highest BCUT2D eigenvalue weighted by atomic mass is 16.5. The van der Waals surface area contributed by atoms with E-state index in [0.29, 0.717) is 52.6 Å². The van der Waals surface area contributed by atoms with Gasteiger partial charge in [0.25, 0.3) is 0 Å². The zero-order chi connectivity index (χ0) is 38.0. The van der Waals surface area contributed by atoms with Crippen molar-refractivity contribution in [2.24, 2.45) is 0 Å². The third-order valence-corrected chi connectivity index (χ3v) is 12.2. The first-order valence-corrected chi connectivity index (χ1v) is 19.5. The van der Waals surface area contributed by atoms with Crippen molar-refractivity contribution in [1.82, 2.24) is 4.90 Å². The van der Waals surface area contributed by atoms with Gasteiger partial charge in [0, 0.05) is 49.0 Å². The molecule has 0 spiro atoms. The van der Waals surface area contributed by atoms with E-state index in [1.807, 2.05) is 24.3 Å². The summed E-state index contributed by atoms with van der Waals surface area (Å²) in [7, 11) is 9.36. The van der Waals surface area contributed by atoms with E-state index in [1.165, 1.54) is 11.1 Å². The summed E-state index contributed by atoms with van der Waals surface area (Å²) in [4.78, 5) is 15.6. The fraction of sp³-hybridized carbons (Fsp3) is 0.444. The number of quaternary nitrogens is 1. The van der Waals surface area contributed by atoms with Crippen LogP contribution in [0.1, 0.15) is 84.5 Å². The van der Waals surface area contributed by atoms with Gasteiger partial charge in [-0.05, 0) is 91.0 Å². The first-order valence-electron chi connectivity index (χ1n) is 19.5. The molecule has 286 valence electrons. The third-order valence-electron chi connectivity index (χ3n) is 12.2. The van der Waals surface area contributed by atoms with Crippen LogP contribution in [0.15, 0.2) is 66.7 Å². The van der Waals surface area contributed by atoms with Crippen LogP contribution in [0.5, 0.6) is 40.2 Å². The molecule has 4 aliphatic heterocycles. The maximum absolute atomic E-state index is 13.2. The minimum absolute atomic E-state index is 0.00873. The number of nitrogens with zero attached hydrogens (tertiary/aromatic N) is 2. The van der Waals surface area contributed by atoms with Gasteiger partial charge in [-0.3, -0.25) is 4.90 Å². The minimum atomic E-state index is -0.736. The maximum Gasteiger partial charge on any atom is 0.362 e. The Labute approximate surface area is 320 Å². The van der Waals surface area contributed by atoms with Crippen LogP contribution < -0.4 is 23.7 Å². The fourth-order valence-corrected chi connectivity index (χ4v) is 9.03. The molecule has 4 atom stereocenters. The first-order chi connectivity index (χ1) is 26.1. The largest absolute Gasteiger partial charge is 0.497 e. The van der Waals surface area contributed by atoms with Gasteiger partial charge in [0.05, 0.1) is 34.9 Å². The van der Waals surface area contributed by atoms with Gasteiger partial charge in [-0.25, -0.2) is 4.79 Å². The average molecular weight is 736 g/mol. The van der Waals surface area contributed by atoms with E-state index in [4.69, 9.17) is 23.7 Å². The highest BCUT2D eigenvalue weighted by molar-refractivity contribution is 5.72. The predicted molar refractivity (Wildman–Crippen MR) is 210 cm³/mol. The summed E-state index contributed by atoms with van der Waals surface area (Å²) >= 11 is 0. The van der Waals surface area contributed by atoms with Crippen molar-refractivity contribution >= 4 is 5.97 Å². The Kier molecular flexibility index (Phi) is 11.1. The molecule has 1 N–H and O–H groups in total. The molecule has 9 nitrogen and oxygen atoms in total. The topological polar surface area (TPSA) is 86.7 Å². The monoisotopic (exact) mass is 735 g/mol. The van der Waals surface area contributed by atoms with E-state index in [0.717, 1.165) is 85.2 Å². The van der Waals surface area contributed by atoms with Crippen LogP contribution in [0.25, 0.3) is 0 Å². The number of carbonyl (C=O) groups is 1. The third kappa shape index (κ3) is 7.36. The summed E-state index contributed by atoms with van der Waals surface area (Å²) in [6, 6.07) is 22.1. The molecule has 4 unspecified atom stereocenters. The molecule has 0 aliphatic carbocycles. The quantitative estimate of drug-likeness (QED) is 0.128. The van der Waals surface area contributed by atoms with Crippen molar-refractivity contribution in [1.29, 1.82) is 0 Å². The number of aliphatic carboxylic acids is 1. The van der Waals surface area contributed by atoms with Gasteiger partial charge in [0.15, 0.2) is 29.0 Å². The number of benzene rings is 4. The van der Waals surface area contributed by atoms with Crippen LogP contribution in [-0.4, -0.2) is 75.0 Å². The zero-order valence-electron chi connectivity index (χ0n) is 32.7. The standard InChI is InChI=1S/C45H54N2O7/c1-7-8-9-10-11-37(45(48)49)47(3)21-19-31-26-40(52-6)42-28-35(31)38(47)23-29-12-15-33(16-13-29)53-41-24-30(14-17-39(41)51-5)22-36-44-32(18-20-46(36)2)25-34(50-4)27-43(44)54-42/h12-17,24-28,36-38H,7-11,18-23H2,1-6H3/p+1. The van der Waals surface area contributed by atoms with Crippen molar-refractivity contribution in [2.45, 2.75) is 82.8 Å². The van der Waals surface area contributed by atoms with E-state index >= 15 is 0 Å². The van der Waals surface area contributed by atoms with Crippen LogP contribution in [-0.2, 0) is 30.5 Å². The summed E-state index contributed by atoms with van der Waals surface area (Å²) in [5.74, 6) is 4.03. The van der Waals surface area contributed by atoms with E-state index in [1.54, 1.807) is 21.3 Å². The van der Waals surface area contributed by atoms with E-state index in [2.05, 4.69) is 68.4 Å². The van der Waals surface area contributed by atoms with Gasteiger partial charge >= 0.3 is 5.97 Å². The molecule has 0 amide bonds. The summed E-state index contributed by atoms with van der Waals surface area (Å²) in [5, 5.41) is 10.8. The Balaban J connectivity index is 1.42. The molecular formula is C45H55N2O7+. The lowest BCUT2D eigenvalue weighted by molar-refractivity contribution is -0.956. The van der Waals surface area contributed by atoms with Crippen molar-refractivity contribution in [3.8, 4) is 40.2 Å². The van der Waals surface area contributed by atoms with Gasteiger partial charge in [0.1, 0.15) is 23.3 Å². The maximum atomic E-state index is 13.2. The summed E-state index contributed by atoms with van der Waals surface area (Å²) in [6.07, 6.45) is 7.75. The summed E-state index contributed by atoms with van der Waals surface area (Å²) in [6.45, 7) is 3.78. The van der Waals surface area contributed by atoms with Crippen LogP contribution in [0.4, 0.5) is 0 Å². The van der Waals surface area contributed by atoms with Gasteiger partial charge in [-0.1, -0.05) is 44.4 Å². The lowest BCUT2D eigenvalue weighted by Crippen LogP contribution is -2.60.